The Morgan fingerprint density at radius 1 is 0.550 bits per heavy atom. The molecule has 0 fully saturated rings. The average molecular weight is 606 g/mol. The van der Waals surface area contributed by atoms with Crippen LogP contribution in [0.2, 0.25) is 0 Å². The van der Waals surface area contributed by atoms with E-state index in [4.69, 9.17) is 0 Å². The van der Waals surface area contributed by atoms with Gasteiger partial charge < -0.3 is 0 Å². The second kappa shape index (κ2) is 18.8. The molecule has 204 valence electrons. The van der Waals surface area contributed by atoms with Gasteiger partial charge in [-0.2, -0.15) is 66.2 Å². The van der Waals surface area contributed by atoms with Crippen LogP contribution in [0.5, 0.6) is 0 Å². The minimum atomic E-state index is -0.155. The Balaban J connectivity index is 0.000000392. The van der Waals surface area contributed by atoms with E-state index in [0.29, 0.717) is 6.42 Å². The van der Waals surface area contributed by atoms with Crippen LogP contribution in [-0.2, 0) is 51.8 Å². The van der Waals surface area contributed by atoms with Gasteiger partial charge in [-0.3, -0.25) is 4.79 Å². The molecule has 0 saturated carbocycles. The smallest absolute Gasteiger partial charge is 0.300 e. The van der Waals surface area contributed by atoms with Gasteiger partial charge in [-0.1, -0.05) is 66.6 Å². The van der Waals surface area contributed by atoms with Gasteiger partial charge in [0.05, 0.1) is 0 Å². The summed E-state index contributed by atoms with van der Waals surface area (Å²) in [5, 5.41) is 0. The second-order valence-electron chi connectivity index (χ2n) is 9.26. The molecule has 0 aliphatic carbocycles. The zero-order valence-electron chi connectivity index (χ0n) is 22.4. The number of ketones is 1. The molecule has 6 aromatic carbocycles. The van der Waals surface area contributed by atoms with Crippen molar-refractivity contribution < 1.29 is 38.9 Å². The fourth-order valence-electron chi connectivity index (χ4n) is 4.72. The molecule has 0 bridgehead atoms. The van der Waals surface area contributed by atoms with E-state index in [9.17, 15) is 4.79 Å². The zero-order chi connectivity index (χ0) is 26.3. The number of rotatable bonds is 8. The largest absolute Gasteiger partial charge is 2.00 e. The van der Waals surface area contributed by atoms with Crippen LogP contribution in [0.25, 0.3) is 0 Å². The van der Waals surface area contributed by atoms with E-state index >= 15 is 0 Å². The molecule has 6 aromatic rings. The first-order valence-corrected chi connectivity index (χ1v) is 13.2. The summed E-state index contributed by atoms with van der Waals surface area (Å²) in [5.41, 5.74) is 4.68. The quantitative estimate of drug-likeness (QED) is 0.125. The fraction of sp³-hybridized carbons (Fsp3) is 0.108. The Hall–Kier alpha value is -3.45. The summed E-state index contributed by atoms with van der Waals surface area (Å²) >= 11 is 0. The summed E-state index contributed by atoms with van der Waals surface area (Å²) in [4.78, 5) is 13.5. The van der Waals surface area contributed by atoms with Gasteiger partial charge in [0, 0.05) is 6.42 Å². The minimum absolute atomic E-state index is 0. The van der Waals surface area contributed by atoms with Crippen molar-refractivity contribution in [2.24, 2.45) is 0 Å². The van der Waals surface area contributed by atoms with E-state index < -0.39 is 0 Å². The SMILES string of the molecule is O=C(Cc1ccccc1)C([c-]1cccc1)C(Cc1ccccc1)[c-]1cccc1.[Fe+2].[Fe+2].c1cc[cH-]c1.c1cc[cH-]c1. The summed E-state index contributed by atoms with van der Waals surface area (Å²) in [6.07, 6.45) is 1.31. The number of carbonyl (C=O) groups excluding carboxylic acids is 1. The minimum Gasteiger partial charge on any atom is -0.300 e. The summed E-state index contributed by atoms with van der Waals surface area (Å²) in [5.74, 6) is 0.244. The van der Waals surface area contributed by atoms with Gasteiger partial charge in [0.1, 0.15) is 5.78 Å². The van der Waals surface area contributed by atoms with Gasteiger partial charge in [-0.25, -0.2) is 48.5 Å². The maximum absolute atomic E-state index is 13.5. The third-order valence-corrected chi connectivity index (χ3v) is 6.54. The Bertz CT molecular complexity index is 1290. The third-order valence-electron chi connectivity index (χ3n) is 6.54. The number of hydrogen-bond acceptors (Lipinski definition) is 1. The van der Waals surface area contributed by atoms with Gasteiger partial charge in [-0.15, -0.1) is 5.56 Å². The van der Waals surface area contributed by atoms with E-state index in [-0.39, 0.29) is 51.8 Å². The molecule has 0 aliphatic heterocycles. The number of hydrogen-bond donors (Lipinski definition) is 0. The van der Waals surface area contributed by atoms with Crippen molar-refractivity contribution in [1.29, 1.82) is 0 Å². The van der Waals surface area contributed by atoms with Gasteiger partial charge in [0.2, 0.25) is 0 Å². The van der Waals surface area contributed by atoms with Crippen molar-refractivity contribution >= 4 is 5.78 Å². The first-order valence-electron chi connectivity index (χ1n) is 13.2. The van der Waals surface area contributed by atoms with Gasteiger partial charge in [-0.05, 0) is 23.5 Å². The Kier molecular flexibility index (Phi) is 15.4. The molecule has 0 amide bonds. The molecule has 0 saturated heterocycles. The average Bonchev–Trinajstić information content (AvgIpc) is 3.80. The Morgan fingerprint density at radius 2 is 0.975 bits per heavy atom. The van der Waals surface area contributed by atoms with Crippen LogP contribution in [0.4, 0.5) is 0 Å². The fourth-order valence-corrected chi connectivity index (χ4v) is 4.72. The predicted molar refractivity (Wildman–Crippen MR) is 159 cm³/mol. The molecule has 0 aromatic heterocycles. The Morgan fingerprint density at radius 3 is 1.40 bits per heavy atom. The molecule has 0 aliphatic rings. The van der Waals surface area contributed by atoms with Crippen molar-refractivity contribution in [2.45, 2.75) is 24.7 Å². The third kappa shape index (κ3) is 10.6. The van der Waals surface area contributed by atoms with Gasteiger partial charge >= 0.3 is 34.1 Å². The monoisotopic (exact) mass is 606 g/mol. The van der Waals surface area contributed by atoms with Crippen molar-refractivity contribution in [3.05, 3.63) is 192 Å². The van der Waals surface area contributed by atoms with E-state index in [1.165, 1.54) is 11.1 Å². The van der Waals surface area contributed by atoms with Crippen LogP contribution in [0.3, 0.4) is 0 Å². The van der Waals surface area contributed by atoms with Crippen LogP contribution in [0, 0.1) is 0 Å². The van der Waals surface area contributed by atoms with E-state index in [1.807, 2.05) is 109 Å². The molecule has 40 heavy (non-hydrogen) atoms. The van der Waals surface area contributed by atoms with E-state index in [2.05, 4.69) is 60.7 Å². The van der Waals surface area contributed by atoms with Crippen LogP contribution in [0.15, 0.2) is 170 Å². The summed E-state index contributed by atoms with van der Waals surface area (Å²) in [6.45, 7) is 0. The van der Waals surface area contributed by atoms with Crippen molar-refractivity contribution in [1.82, 2.24) is 0 Å². The van der Waals surface area contributed by atoms with Gasteiger partial charge in [0.25, 0.3) is 0 Å². The molecule has 2 unspecified atom stereocenters. The summed E-state index contributed by atoms with van der Waals surface area (Å²) in [7, 11) is 0. The molecule has 6 rings (SSSR count). The Labute approximate surface area is 260 Å². The molecule has 0 heterocycles. The maximum atomic E-state index is 13.5. The molecular formula is C37H34Fe2O. The first kappa shape index (κ1) is 32.8. The van der Waals surface area contributed by atoms with E-state index in [1.54, 1.807) is 0 Å². The standard InChI is InChI=1S/C27H24O.2C5H5.2Fe/c28-26(20-22-13-5-2-6-14-22)27(24-17-9-10-18-24)25(23-15-7-8-16-23)19-21-11-3-1-4-12-21;2*1-2-4-5-3-1;;/h1-18,25,27H,19-20H2;2*1-5H;;/q-2;2*-1;2*+2. The number of benzene rings is 2. The van der Waals surface area contributed by atoms with Crippen LogP contribution >= 0.6 is 0 Å². The molecule has 3 heteroatoms. The van der Waals surface area contributed by atoms with Crippen molar-refractivity contribution in [2.75, 3.05) is 0 Å². The maximum Gasteiger partial charge on any atom is 2.00 e. The van der Waals surface area contributed by atoms with Gasteiger partial charge in [0.15, 0.2) is 0 Å². The van der Waals surface area contributed by atoms with Crippen LogP contribution in [-0.4, -0.2) is 5.78 Å². The summed E-state index contributed by atoms with van der Waals surface area (Å²) < 4.78 is 0. The molecule has 0 radical (unpaired) electrons. The summed E-state index contributed by atoms with van der Waals surface area (Å²) in [6, 6.07) is 57.2. The molecule has 2 atom stereocenters. The van der Waals surface area contributed by atoms with Crippen LogP contribution < -0.4 is 0 Å². The second-order valence-corrected chi connectivity index (χ2v) is 9.26. The zero-order valence-corrected chi connectivity index (χ0v) is 24.6. The molecular weight excluding hydrogens is 572 g/mol. The predicted octanol–water partition coefficient (Wildman–Crippen LogP) is 8.85. The molecule has 0 N–H and O–H groups in total. The number of carbonyl (C=O) groups is 1. The molecule has 1 nitrogen and oxygen atoms in total. The van der Waals surface area contributed by atoms with Crippen LogP contribution in [0.1, 0.15) is 34.1 Å². The normalized spacial score (nSPS) is 11.2. The number of Topliss-reactive ketones (excluding diaryl/α,β-unsaturated/α-hetero) is 1. The first-order chi connectivity index (χ1) is 18.8. The molecule has 0 spiro atoms. The van der Waals surface area contributed by atoms with Crippen molar-refractivity contribution in [3.63, 3.8) is 0 Å². The van der Waals surface area contributed by atoms with Crippen molar-refractivity contribution in [3.8, 4) is 0 Å². The van der Waals surface area contributed by atoms with E-state index in [0.717, 1.165) is 17.5 Å². The topological polar surface area (TPSA) is 17.1 Å².